The van der Waals surface area contributed by atoms with Crippen LogP contribution in [0.3, 0.4) is 0 Å². The van der Waals surface area contributed by atoms with E-state index in [0.29, 0.717) is 24.8 Å². The van der Waals surface area contributed by atoms with Gasteiger partial charge in [0.2, 0.25) is 0 Å². The van der Waals surface area contributed by atoms with Gasteiger partial charge in [0, 0.05) is 20.9 Å². The lowest BCUT2D eigenvalue weighted by Gasteiger charge is -2.16. The number of esters is 1. The summed E-state index contributed by atoms with van der Waals surface area (Å²) < 4.78 is 6.17. The minimum atomic E-state index is -0.756. The SMILES string of the molecule is COC(=O)[C@@H](CCCC#N)NC(=O)c1cc(Br)cc(Br)c1. The Kier molecular flexibility index (Phi) is 7.40. The number of carbonyl (C=O) groups is 2. The maximum atomic E-state index is 12.2. The van der Waals surface area contributed by atoms with E-state index in [1.165, 1.54) is 7.11 Å². The van der Waals surface area contributed by atoms with Gasteiger partial charge in [-0.25, -0.2) is 4.79 Å². The van der Waals surface area contributed by atoms with Crippen molar-refractivity contribution in [2.75, 3.05) is 7.11 Å². The molecule has 5 nitrogen and oxygen atoms in total. The highest BCUT2D eigenvalue weighted by molar-refractivity contribution is 9.11. The third kappa shape index (κ3) is 5.86. The van der Waals surface area contributed by atoms with Crippen LogP contribution in [-0.4, -0.2) is 25.0 Å². The molecule has 0 aliphatic rings. The molecule has 0 saturated carbocycles. The Bertz CT molecular complexity index is 550. The summed E-state index contributed by atoms with van der Waals surface area (Å²) in [5, 5.41) is 11.2. The van der Waals surface area contributed by atoms with Crippen molar-refractivity contribution in [3.63, 3.8) is 0 Å². The van der Waals surface area contributed by atoms with Gasteiger partial charge in [-0.3, -0.25) is 4.79 Å². The van der Waals surface area contributed by atoms with Gasteiger partial charge < -0.3 is 10.1 Å². The third-order valence-electron chi connectivity index (χ3n) is 2.70. The molecule has 0 aliphatic carbocycles. The van der Waals surface area contributed by atoms with Crippen molar-refractivity contribution in [2.24, 2.45) is 0 Å². The second-order valence-corrected chi connectivity index (χ2v) is 6.09. The summed E-state index contributed by atoms with van der Waals surface area (Å²) >= 11 is 6.61. The molecule has 1 aromatic carbocycles. The number of carbonyl (C=O) groups excluding carboxylic acids is 2. The average Bonchev–Trinajstić information content (AvgIpc) is 2.44. The van der Waals surface area contributed by atoms with E-state index in [4.69, 9.17) is 5.26 Å². The summed E-state index contributed by atoms with van der Waals surface area (Å²) in [5.74, 6) is -0.889. The quantitative estimate of drug-likeness (QED) is 0.569. The number of unbranched alkanes of at least 4 members (excludes halogenated alkanes) is 1. The number of benzene rings is 1. The molecule has 1 N–H and O–H groups in total. The second kappa shape index (κ2) is 8.80. The highest BCUT2D eigenvalue weighted by Crippen LogP contribution is 2.20. The summed E-state index contributed by atoms with van der Waals surface area (Å²) in [4.78, 5) is 23.9. The first kappa shape index (κ1) is 17.7. The molecule has 0 aromatic heterocycles. The van der Waals surface area contributed by atoms with Gasteiger partial charge in [0.1, 0.15) is 6.04 Å². The van der Waals surface area contributed by atoms with Gasteiger partial charge >= 0.3 is 5.97 Å². The molecular weight excluding hydrogens is 404 g/mol. The van der Waals surface area contributed by atoms with Crippen LogP contribution < -0.4 is 5.32 Å². The minimum Gasteiger partial charge on any atom is -0.467 e. The van der Waals surface area contributed by atoms with Crippen LogP contribution >= 0.6 is 31.9 Å². The number of nitrogens with zero attached hydrogens (tertiary/aromatic N) is 1. The zero-order valence-electron chi connectivity index (χ0n) is 11.4. The van der Waals surface area contributed by atoms with Gasteiger partial charge in [0.25, 0.3) is 5.91 Å². The molecule has 0 radical (unpaired) electrons. The molecular formula is C14H14Br2N2O3. The van der Waals surface area contributed by atoms with Crippen LogP contribution in [-0.2, 0) is 9.53 Å². The molecule has 0 bridgehead atoms. The van der Waals surface area contributed by atoms with Gasteiger partial charge in [0.15, 0.2) is 0 Å². The van der Waals surface area contributed by atoms with Gasteiger partial charge in [-0.1, -0.05) is 31.9 Å². The fourth-order valence-electron chi connectivity index (χ4n) is 1.70. The van der Waals surface area contributed by atoms with Gasteiger partial charge in [-0.05, 0) is 31.0 Å². The summed E-state index contributed by atoms with van der Waals surface area (Å²) in [5.41, 5.74) is 0.422. The zero-order chi connectivity index (χ0) is 15.8. The van der Waals surface area contributed by atoms with Crippen molar-refractivity contribution in [3.8, 4) is 6.07 Å². The van der Waals surface area contributed by atoms with Gasteiger partial charge in [0.05, 0.1) is 13.2 Å². The Morgan fingerprint density at radius 3 is 2.48 bits per heavy atom. The van der Waals surface area contributed by atoms with E-state index >= 15 is 0 Å². The first-order valence-corrected chi connectivity index (χ1v) is 7.78. The number of amides is 1. The Hall–Kier alpha value is -1.39. The molecule has 112 valence electrons. The molecule has 0 fully saturated rings. The van der Waals surface area contributed by atoms with E-state index in [1.54, 1.807) is 12.1 Å². The van der Waals surface area contributed by atoms with Crippen molar-refractivity contribution in [1.29, 1.82) is 5.26 Å². The van der Waals surface area contributed by atoms with Crippen molar-refractivity contribution < 1.29 is 14.3 Å². The van der Waals surface area contributed by atoms with Gasteiger partial charge in [-0.15, -0.1) is 0 Å². The number of hydrogen-bond donors (Lipinski definition) is 1. The molecule has 0 heterocycles. The second-order valence-electron chi connectivity index (χ2n) is 4.26. The normalized spacial score (nSPS) is 11.3. The van der Waals surface area contributed by atoms with Crippen molar-refractivity contribution >= 4 is 43.7 Å². The number of hydrogen-bond acceptors (Lipinski definition) is 4. The topological polar surface area (TPSA) is 79.2 Å². The molecule has 0 saturated heterocycles. The minimum absolute atomic E-state index is 0.325. The number of nitriles is 1. The van der Waals surface area contributed by atoms with Crippen LogP contribution in [0.5, 0.6) is 0 Å². The smallest absolute Gasteiger partial charge is 0.328 e. The lowest BCUT2D eigenvalue weighted by atomic mass is 10.1. The molecule has 0 spiro atoms. The lowest BCUT2D eigenvalue weighted by Crippen LogP contribution is -2.41. The first-order chi connectivity index (χ1) is 9.97. The standard InChI is InChI=1S/C14H14Br2N2O3/c1-21-14(20)12(4-2-3-5-17)18-13(19)9-6-10(15)8-11(16)7-9/h6-8,12H,2-4H2,1H3,(H,18,19)/t12-/m1/s1. The maximum Gasteiger partial charge on any atom is 0.328 e. The fraction of sp³-hybridized carbons (Fsp3) is 0.357. The largest absolute Gasteiger partial charge is 0.467 e. The van der Waals surface area contributed by atoms with E-state index in [1.807, 2.05) is 12.1 Å². The van der Waals surface area contributed by atoms with E-state index < -0.39 is 12.0 Å². The highest BCUT2D eigenvalue weighted by atomic mass is 79.9. The molecule has 1 rings (SSSR count). The van der Waals surface area contributed by atoms with Gasteiger partial charge in [-0.2, -0.15) is 5.26 Å². The first-order valence-electron chi connectivity index (χ1n) is 6.19. The number of ether oxygens (including phenoxy) is 1. The molecule has 1 atom stereocenters. The Labute approximate surface area is 139 Å². The fourth-order valence-corrected chi connectivity index (χ4v) is 3.00. The van der Waals surface area contributed by atoms with E-state index in [2.05, 4.69) is 41.9 Å². The number of nitrogens with one attached hydrogen (secondary N) is 1. The highest BCUT2D eigenvalue weighted by Gasteiger charge is 2.22. The summed E-state index contributed by atoms with van der Waals surface area (Å²) in [7, 11) is 1.27. The summed E-state index contributed by atoms with van der Waals surface area (Å²) in [6.45, 7) is 0. The lowest BCUT2D eigenvalue weighted by molar-refractivity contribution is -0.143. The number of methoxy groups -OCH3 is 1. The molecule has 1 aromatic rings. The molecule has 0 unspecified atom stereocenters. The van der Waals surface area contributed by atoms with Crippen LogP contribution in [0.15, 0.2) is 27.1 Å². The monoisotopic (exact) mass is 416 g/mol. The van der Waals surface area contributed by atoms with Crippen molar-refractivity contribution in [1.82, 2.24) is 5.32 Å². The third-order valence-corrected chi connectivity index (χ3v) is 3.61. The summed E-state index contributed by atoms with van der Waals surface area (Å²) in [6.07, 6.45) is 1.20. The average molecular weight is 418 g/mol. The van der Waals surface area contributed by atoms with Crippen LogP contribution in [0.2, 0.25) is 0 Å². The molecule has 7 heteroatoms. The Morgan fingerprint density at radius 1 is 1.33 bits per heavy atom. The Balaban J connectivity index is 2.79. The predicted octanol–water partition coefficient (Wildman–Crippen LogP) is 3.18. The number of halogens is 2. The van der Waals surface area contributed by atoms with E-state index in [0.717, 1.165) is 8.95 Å². The molecule has 0 aliphatic heterocycles. The van der Waals surface area contributed by atoms with E-state index in [9.17, 15) is 9.59 Å². The maximum absolute atomic E-state index is 12.2. The van der Waals surface area contributed by atoms with Crippen molar-refractivity contribution in [2.45, 2.75) is 25.3 Å². The van der Waals surface area contributed by atoms with Crippen LogP contribution in [0.1, 0.15) is 29.6 Å². The zero-order valence-corrected chi connectivity index (χ0v) is 14.5. The molecule has 1 amide bonds. The predicted molar refractivity (Wildman–Crippen MR) is 84.6 cm³/mol. The number of rotatable bonds is 6. The molecule has 21 heavy (non-hydrogen) atoms. The van der Waals surface area contributed by atoms with Crippen LogP contribution in [0.4, 0.5) is 0 Å². The van der Waals surface area contributed by atoms with Crippen molar-refractivity contribution in [3.05, 3.63) is 32.7 Å². The van der Waals surface area contributed by atoms with Crippen LogP contribution in [0.25, 0.3) is 0 Å². The van der Waals surface area contributed by atoms with E-state index in [-0.39, 0.29) is 5.91 Å². The Morgan fingerprint density at radius 2 is 1.95 bits per heavy atom. The van der Waals surface area contributed by atoms with Crippen LogP contribution in [0, 0.1) is 11.3 Å². The summed E-state index contributed by atoms with van der Waals surface area (Å²) in [6, 6.07) is 6.37.